The summed E-state index contributed by atoms with van der Waals surface area (Å²) in [5.74, 6) is 2.09. The van der Waals surface area contributed by atoms with Crippen molar-refractivity contribution in [1.82, 2.24) is 29.7 Å². The van der Waals surface area contributed by atoms with Gasteiger partial charge in [0.25, 0.3) is 0 Å². The normalized spacial score (nSPS) is 18.2. The van der Waals surface area contributed by atoms with E-state index in [1.807, 2.05) is 20.2 Å². The van der Waals surface area contributed by atoms with Gasteiger partial charge in [-0.25, -0.2) is 19.9 Å². The highest BCUT2D eigenvalue weighted by molar-refractivity contribution is 5.86. The number of aromatic nitrogens is 6. The fourth-order valence-electron chi connectivity index (χ4n) is 4.16. The molecular formula is C19H24N8. The third kappa shape index (κ3) is 2.98. The molecule has 3 aromatic heterocycles. The highest BCUT2D eigenvalue weighted by Gasteiger charge is 2.36. The van der Waals surface area contributed by atoms with Crippen LogP contribution in [0.25, 0.3) is 11.0 Å². The second-order valence-corrected chi connectivity index (χ2v) is 7.58. The van der Waals surface area contributed by atoms with Gasteiger partial charge in [-0.05, 0) is 32.6 Å². The van der Waals surface area contributed by atoms with Gasteiger partial charge in [-0.1, -0.05) is 0 Å². The number of rotatable bonds is 4. The van der Waals surface area contributed by atoms with Gasteiger partial charge in [0.15, 0.2) is 5.65 Å². The smallest absolute Gasteiger partial charge is 0.163 e. The van der Waals surface area contributed by atoms with Crippen LogP contribution in [0.2, 0.25) is 0 Å². The Morgan fingerprint density at radius 3 is 2.44 bits per heavy atom. The first-order valence-electron chi connectivity index (χ1n) is 9.65. The van der Waals surface area contributed by atoms with E-state index in [0.29, 0.717) is 12.1 Å². The molecule has 2 aliphatic rings. The Morgan fingerprint density at radius 1 is 0.963 bits per heavy atom. The maximum absolute atomic E-state index is 4.57. The zero-order valence-electron chi connectivity index (χ0n) is 15.8. The standard InChI is InChI=1S/C19H24N8/c1-13-9-17(21-11-20-13)27(14-3-4-14)15-5-7-26(8-6-15)19-16-10-24-25(2)18(16)22-12-23-19/h9-12,14-15H,3-8H2,1-2H3. The Labute approximate surface area is 158 Å². The fourth-order valence-corrected chi connectivity index (χ4v) is 4.16. The average Bonchev–Trinajstić information content (AvgIpc) is 3.45. The first-order valence-corrected chi connectivity index (χ1v) is 9.65. The molecule has 1 aliphatic carbocycles. The Morgan fingerprint density at radius 2 is 1.70 bits per heavy atom. The minimum Gasteiger partial charge on any atom is -0.356 e. The van der Waals surface area contributed by atoms with Crippen molar-refractivity contribution in [2.75, 3.05) is 22.9 Å². The Hall–Kier alpha value is -2.77. The summed E-state index contributed by atoms with van der Waals surface area (Å²) >= 11 is 0. The summed E-state index contributed by atoms with van der Waals surface area (Å²) in [7, 11) is 1.92. The number of aryl methyl sites for hydroxylation is 2. The maximum Gasteiger partial charge on any atom is 0.163 e. The van der Waals surface area contributed by atoms with Gasteiger partial charge in [-0.2, -0.15) is 5.10 Å². The first kappa shape index (κ1) is 16.4. The molecule has 0 atom stereocenters. The second kappa shape index (κ2) is 6.44. The number of nitrogens with zero attached hydrogens (tertiary/aromatic N) is 8. The number of anilines is 2. The van der Waals surface area contributed by atoms with Crippen LogP contribution >= 0.6 is 0 Å². The van der Waals surface area contributed by atoms with E-state index in [-0.39, 0.29) is 0 Å². The van der Waals surface area contributed by atoms with E-state index in [1.165, 1.54) is 12.8 Å². The van der Waals surface area contributed by atoms with Crippen molar-refractivity contribution in [3.63, 3.8) is 0 Å². The minimum atomic E-state index is 0.522. The van der Waals surface area contributed by atoms with Crippen LogP contribution in [0.5, 0.6) is 0 Å². The van der Waals surface area contributed by atoms with Gasteiger partial charge in [-0.15, -0.1) is 0 Å². The molecule has 0 unspecified atom stereocenters. The average molecular weight is 364 g/mol. The highest BCUT2D eigenvalue weighted by Crippen LogP contribution is 2.36. The van der Waals surface area contributed by atoms with Crippen LogP contribution in [-0.4, -0.2) is 54.9 Å². The Kier molecular flexibility index (Phi) is 3.91. The molecule has 1 saturated heterocycles. The molecule has 5 rings (SSSR count). The van der Waals surface area contributed by atoms with Crippen LogP contribution in [0.15, 0.2) is 24.9 Å². The molecule has 27 heavy (non-hydrogen) atoms. The van der Waals surface area contributed by atoms with E-state index in [2.05, 4.69) is 40.9 Å². The molecule has 2 fully saturated rings. The van der Waals surface area contributed by atoms with Gasteiger partial charge in [0.2, 0.25) is 0 Å². The van der Waals surface area contributed by atoms with Crippen LogP contribution in [0.1, 0.15) is 31.4 Å². The van der Waals surface area contributed by atoms with E-state index in [4.69, 9.17) is 0 Å². The lowest BCUT2D eigenvalue weighted by Crippen LogP contribution is -2.46. The molecule has 140 valence electrons. The van der Waals surface area contributed by atoms with Gasteiger partial charge in [0, 0.05) is 44.0 Å². The topological polar surface area (TPSA) is 75.9 Å². The van der Waals surface area contributed by atoms with Crippen molar-refractivity contribution in [3.8, 4) is 0 Å². The van der Waals surface area contributed by atoms with Gasteiger partial charge in [0.05, 0.1) is 11.6 Å². The summed E-state index contributed by atoms with van der Waals surface area (Å²) in [6, 6.07) is 3.28. The van der Waals surface area contributed by atoms with E-state index >= 15 is 0 Å². The predicted molar refractivity (Wildman–Crippen MR) is 104 cm³/mol. The summed E-state index contributed by atoms with van der Waals surface area (Å²) in [5, 5.41) is 5.37. The second-order valence-electron chi connectivity index (χ2n) is 7.58. The largest absolute Gasteiger partial charge is 0.356 e. The molecule has 8 heteroatoms. The molecule has 3 aromatic rings. The lowest BCUT2D eigenvalue weighted by atomic mass is 10.0. The third-order valence-corrected chi connectivity index (χ3v) is 5.66. The van der Waals surface area contributed by atoms with Crippen LogP contribution in [0.3, 0.4) is 0 Å². The summed E-state index contributed by atoms with van der Waals surface area (Å²) in [4.78, 5) is 22.7. The molecule has 8 nitrogen and oxygen atoms in total. The van der Waals surface area contributed by atoms with E-state index in [1.54, 1.807) is 17.3 Å². The quantitative estimate of drug-likeness (QED) is 0.702. The van der Waals surface area contributed by atoms with Crippen molar-refractivity contribution >= 4 is 22.7 Å². The van der Waals surface area contributed by atoms with Crippen molar-refractivity contribution in [1.29, 1.82) is 0 Å². The number of piperidine rings is 1. The zero-order valence-corrected chi connectivity index (χ0v) is 15.8. The van der Waals surface area contributed by atoms with Crippen LogP contribution in [-0.2, 0) is 7.05 Å². The maximum atomic E-state index is 4.57. The van der Waals surface area contributed by atoms with Crippen LogP contribution < -0.4 is 9.80 Å². The molecule has 1 aliphatic heterocycles. The minimum absolute atomic E-state index is 0.522. The van der Waals surface area contributed by atoms with E-state index in [0.717, 1.165) is 54.3 Å². The Bertz CT molecular complexity index is 955. The van der Waals surface area contributed by atoms with Gasteiger partial charge in [-0.3, -0.25) is 4.68 Å². The lowest BCUT2D eigenvalue weighted by molar-refractivity contribution is 0.458. The van der Waals surface area contributed by atoms with Crippen molar-refractivity contribution in [3.05, 3.63) is 30.6 Å². The number of hydrogen-bond donors (Lipinski definition) is 0. The summed E-state index contributed by atoms with van der Waals surface area (Å²) in [6.07, 6.45) is 9.95. The number of fused-ring (bicyclic) bond motifs is 1. The first-order chi connectivity index (χ1) is 13.2. The molecule has 1 saturated carbocycles. The molecular weight excluding hydrogens is 340 g/mol. The van der Waals surface area contributed by atoms with Crippen LogP contribution in [0.4, 0.5) is 11.6 Å². The van der Waals surface area contributed by atoms with E-state index in [9.17, 15) is 0 Å². The van der Waals surface area contributed by atoms with Gasteiger partial charge in [0.1, 0.15) is 24.3 Å². The summed E-state index contributed by atoms with van der Waals surface area (Å²) < 4.78 is 1.81. The monoisotopic (exact) mass is 364 g/mol. The summed E-state index contributed by atoms with van der Waals surface area (Å²) in [5.41, 5.74) is 1.92. The lowest BCUT2D eigenvalue weighted by Gasteiger charge is -2.40. The molecule has 0 bridgehead atoms. The molecule has 0 spiro atoms. The number of hydrogen-bond acceptors (Lipinski definition) is 7. The molecule has 0 radical (unpaired) electrons. The molecule has 0 amide bonds. The third-order valence-electron chi connectivity index (χ3n) is 5.66. The molecule has 4 heterocycles. The van der Waals surface area contributed by atoms with Gasteiger partial charge >= 0.3 is 0 Å². The Balaban J connectivity index is 1.36. The van der Waals surface area contributed by atoms with Crippen LogP contribution in [0, 0.1) is 6.92 Å². The fraction of sp³-hybridized carbons (Fsp3) is 0.526. The molecule has 0 aromatic carbocycles. The van der Waals surface area contributed by atoms with Crippen molar-refractivity contribution in [2.45, 2.75) is 44.7 Å². The molecule has 0 N–H and O–H groups in total. The van der Waals surface area contributed by atoms with Crippen molar-refractivity contribution in [2.24, 2.45) is 7.05 Å². The van der Waals surface area contributed by atoms with Crippen molar-refractivity contribution < 1.29 is 0 Å². The highest BCUT2D eigenvalue weighted by atomic mass is 15.3. The predicted octanol–water partition coefficient (Wildman–Crippen LogP) is 2.10. The van der Waals surface area contributed by atoms with E-state index < -0.39 is 0 Å². The zero-order chi connectivity index (χ0) is 18.4. The summed E-state index contributed by atoms with van der Waals surface area (Å²) in [6.45, 7) is 4.00. The van der Waals surface area contributed by atoms with Gasteiger partial charge < -0.3 is 9.80 Å². The SMILES string of the molecule is Cc1cc(N(C2CC2)C2CCN(c3ncnc4c3cnn4C)CC2)ncn1.